The van der Waals surface area contributed by atoms with Crippen molar-refractivity contribution in [2.45, 2.75) is 43.0 Å². The molecule has 1 amide bonds. The third kappa shape index (κ3) is 5.65. The molecule has 1 fully saturated rings. The van der Waals surface area contributed by atoms with Gasteiger partial charge in [0.2, 0.25) is 10.0 Å². The van der Waals surface area contributed by atoms with Gasteiger partial charge in [0.05, 0.1) is 4.90 Å². The summed E-state index contributed by atoms with van der Waals surface area (Å²) in [6.07, 6.45) is 2.79. The normalized spacial score (nSPS) is 14.4. The quantitative estimate of drug-likeness (QED) is 0.583. The van der Waals surface area contributed by atoms with Crippen molar-refractivity contribution in [3.8, 4) is 0 Å². The van der Waals surface area contributed by atoms with Crippen LogP contribution in [0.25, 0.3) is 0 Å². The lowest BCUT2D eigenvalue weighted by Crippen LogP contribution is -2.27. The van der Waals surface area contributed by atoms with Crippen molar-refractivity contribution < 1.29 is 23.1 Å². The highest BCUT2D eigenvalue weighted by molar-refractivity contribution is 7.89. The van der Waals surface area contributed by atoms with Crippen molar-refractivity contribution in [2.24, 2.45) is 0 Å². The zero-order valence-electron chi connectivity index (χ0n) is 12.6. The summed E-state index contributed by atoms with van der Waals surface area (Å²) in [6, 6.07) is 5.88. The molecule has 126 valence electrons. The summed E-state index contributed by atoms with van der Waals surface area (Å²) in [5, 5.41) is 11.2. The first-order valence-corrected chi connectivity index (χ1v) is 8.99. The maximum atomic E-state index is 12.1. The Morgan fingerprint density at radius 3 is 2.61 bits per heavy atom. The monoisotopic (exact) mass is 340 g/mol. The molecule has 0 saturated heterocycles. The molecular formula is C15H20N2O5S. The van der Waals surface area contributed by atoms with Gasteiger partial charge in [-0.1, -0.05) is 6.07 Å². The molecule has 3 N–H and O–H groups in total. The van der Waals surface area contributed by atoms with Crippen LogP contribution in [0.4, 0.5) is 0 Å². The van der Waals surface area contributed by atoms with Crippen LogP contribution >= 0.6 is 0 Å². The predicted octanol–water partition coefficient (Wildman–Crippen LogP) is 1.11. The number of amides is 1. The molecule has 1 aromatic carbocycles. The van der Waals surface area contributed by atoms with Crippen LogP contribution in [0.15, 0.2) is 29.2 Å². The second-order valence-corrected chi connectivity index (χ2v) is 7.24. The van der Waals surface area contributed by atoms with Gasteiger partial charge in [0, 0.05) is 24.6 Å². The van der Waals surface area contributed by atoms with E-state index >= 15 is 0 Å². The molecule has 2 rings (SSSR count). The number of carboxylic acid groups (broad SMARTS) is 1. The van der Waals surface area contributed by atoms with Gasteiger partial charge in [0.1, 0.15) is 0 Å². The Hall–Kier alpha value is -1.93. The Labute approximate surface area is 135 Å². The smallest absolute Gasteiger partial charge is 0.303 e. The average Bonchev–Trinajstić information content (AvgIpc) is 3.30. The fourth-order valence-corrected chi connectivity index (χ4v) is 3.35. The lowest BCUT2D eigenvalue weighted by molar-refractivity contribution is -0.137. The Morgan fingerprint density at radius 1 is 1.22 bits per heavy atom. The molecule has 0 unspecified atom stereocenters. The van der Waals surface area contributed by atoms with E-state index in [2.05, 4.69) is 10.0 Å². The Kier molecular flexibility index (Phi) is 5.73. The third-order valence-corrected chi connectivity index (χ3v) is 4.93. The molecule has 0 spiro atoms. The van der Waals surface area contributed by atoms with Crippen LogP contribution in [0.3, 0.4) is 0 Å². The van der Waals surface area contributed by atoms with E-state index < -0.39 is 16.0 Å². The highest BCUT2D eigenvalue weighted by atomic mass is 32.2. The number of carbonyl (C=O) groups is 2. The first kappa shape index (κ1) is 17.4. The van der Waals surface area contributed by atoms with Crippen molar-refractivity contribution in [1.29, 1.82) is 0 Å². The molecule has 0 heterocycles. The fourth-order valence-electron chi connectivity index (χ4n) is 2.00. The van der Waals surface area contributed by atoms with Crippen LogP contribution in [-0.2, 0) is 14.8 Å². The number of unbranched alkanes of at least 4 members (excludes halogenated alkanes) is 1. The van der Waals surface area contributed by atoms with Gasteiger partial charge in [0.25, 0.3) is 5.91 Å². The summed E-state index contributed by atoms with van der Waals surface area (Å²) in [7, 11) is -3.59. The second kappa shape index (κ2) is 7.56. The van der Waals surface area contributed by atoms with Gasteiger partial charge in [-0.15, -0.1) is 0 Å². The molecule has 0 atom stereocenters. The first-order valence-electron chi connectivity index (χ1n) is 7.51. The summed E-state index contributed by atoms with van der Waals surface area (Å²) in [6.45, 7) is 0.351. The van der Waals surface area contributed by atoms with Gasteiger partial charge >= 0.3 is 5.97 Å². The lowest BCUT2D eigenvalue weighted by atomic mass is 10.2. The average molecular weight is 340 g/mol. The van der Waals surface area contributed by atoms with Gasteiger partial charge in [-0.25, -0.2) is 13.1 Å². The number of sulfonamides is 1. The van der Waals surface area contributed by atoms with Crippen LogP contribution in [0.2, 0.25) is 0 Å². The molecule has 7 nitrogen and oxygen atoms in total. The Bertz CT molecular complexity index is 683. The van der Waals surface area contributed by atoms with Crippen molar-refractivity contribution in [2.75, 3.05) is 6.54 Å². The zero-order chi connectivity index (χ0) is 16.9. The summed E-state index contributed by atoms with van der Waals surface area (Å²) in [4.78, 5) is 22.5. The van der Waals surface area contributed by atoms with Crippen molar-refractivity contribution in [1.82, 2.24) is 10.0 Å². The van der Waals surface area contributed by atoms with Crippen LogP contribution in [0, 0.1) is 0 Å². The summed E-state index contributed by atoms with van der Waals surface area (Å²) in [5.41, 5.74) is 0.266. The van der Waals surface area contributed by atoms with Crippen molar-refractivity contribution in [3.63, 3.8) is 0 Å². The number of hydrogen-bond donors (Lipinski definition) is 3. The van der Waals surface area contributed by atoms with E-state index in [0.717, 1.165) is 12.8 Å². The molecule has 1 aromatic rings. The summed E-state index contributed by atoms with van der Waals surface area (Å²) in [5.74, 6) is -1.24. The van der Waals surface area contributed by atoms with Gasteiger partial charge < -0.3 is 10.4 Å². The highest BCUT2D eigenvalue weighted by Crippen LogP contribution is 2.22. The number of carbonyl (C=O) groups excluding carboxylic acids is 1. The zero-order valence-corrected chi connectivity index (χ0v) is 13.4. The van der Waals surface area contributed by atoms with E-state index in [4.69, 9.17) is 5.11 Å². The molecule has 0 bridgehead atoms. The molecule has 0 radical (unpaired) electrons. The molecule has 23 heavy (non-hydrogen) atoms. The standard InChI is InChI=1S/C15H20N2O5S/c18-14(19)6-1-2-9-16-15(20)11-4-3-5-13(10-11)23(21,22)17-12-7-8-12/h3-5,10,12,17H,1-2,6-9H2,(H,16,20)(H,18,19). The fraction of sp³-hybridized carbons (Fsp3) is 0.467. The van der Waals surface area contributed by atoms with E-state index in [1.807, 2.05) is 0 Å². The summed E-state index contributed by atoms with van der Waals surface area (Å²) < 4.78 is 26.8. The highest BCUT2D eigenvalue weighted by Gasteiger charge is 2.28. The van der Waals surface area contributed by atoms with E-state index in [-0.39, 0.29) is 28.8 Å². The van der Waals surface area contributed by atoms with Crippen LogP contribution < -0.4 is 10.0 Å². The molecule has 8 heteroatoms. The number of benzene rings is 1. The van der Waals surface area contributed by atoms with Crippen molar-refractivity contribution >= 4 is 21.9 Å². The number of rotatable bonds is 9. The van der Waals surface area contributed by atoms with E-state index in [1.165, 1.54) is 18.2 Å². The van der Waals surface area contributed by atoms with Gasteiger partial charge in [-0.05, 0) is 43.9 Å². The van der Waals surface area contributed by atoms with E-state index in [0.29, 0.717) is 19.4 Å². The molecular weight excluding hydrogens is 320 g/mol. The number of aliphatic carboxylic acids is 1. The lowest BCUT2D eigenvalue weighted by Gasteiger charge is -2.08. The van der Waals surface area contributed by atoms with Gasteiger partial charge in [-0.2, -0.15) is 0 Å². The largest absolute Gasteiger partial charge is 0.481 e. The van der Waals surface area contributed by atoms with E-state index in [9.17, 15) is 18.0 Å². The minimum absolute atomic E-state index is 0.00622. The number of nitrogens with one attached hydrogen (secondary N) is 2. The van der Waals surface area contributed by atoms with Gasteiger partial charge in [0.15, 0.2) is 0 Å². The molecule has 1 aliphatic rings. The number of hydrogen-bond acceptors (Lipinski definition) is 4. The first-order chi connectivity index (χ1) is 10.9. The molecule has 1 aliphatic carbocycles. The maximum absolute atomic E-state index is 12.1. The predicted molar refractivity (Wildman–Crippen MR) is 83.6 cm³/mol. The van der Waals surface area contributed by atoms with Gasteiger partial charge in [-0.3, -0.25) is 9.59 Å². The van der Waals surface area contributed by atoms with Crippen LogP contribution in [0.5, 0.6) is 0 Å². The molecule has 0 aliphatic heterocycles. The second-order valence-electron chi connectivity index (χ2n) is 5.53. The van der Waals surface area contributed by atoms with E-state index in [1.54, 1.807) is 6.07 Å². The molecule has 1 saturated carbocycles. The van der Waals surface area contributed by atoms with Crippen LogP contribution in [0.1, 0.15) is 42.5 Å². The summed E-state index contributed by atoms with van der Waals surface area (Å²) >= 11 is 0. The third-order valence-electron chi connectivity index (χ3n) is 3.41. The Balaban J connectivity index is 1.90. The minimum Gasteiger partial charge on any atom is -0.481 e. The van der Waals surface area contributed by atoms with Crippen LogP contribution in [-0.4, -0.2) is 38.0 Å². The minimum atomic E-state index is -3.59. The number of carboxylic acids is 1. The Morgan fingerprint density at radius 2 is 1.96 bits per heavy atom. The topological polar surface area (TPSA) is 113 Å². The maximum Gasteiger partial charge on any atom is 0.303 e. The van der Waals surface area contributed by atoms with Crippen molar-refractivity contribution in [3.05, 3.63) is 29.8 Å². The molecule has 0 aromatic heterocycles. The SMILES string of the molecule is O=C(O)CCCCNC(=O)c1cccc(S(=O)(=O)NC2CC2)c1.